The molecule has 1 amide bonds. The molecule has 0 saturated carbocycles. The highest BCUT2D eigenvalue weighted by Crippen LogP contribution is 2.30. The second-order valence-corrected chi connectivity index (χ2v) is 8.83. The summed E-state index contributed by atoms with van der Waals surface area (Å²) in [6, 6.07) is 2.69. The average Bonchev–Trinajstić information content (AvgIpc) is 3.08. The van der Waals surface area contributed by atoms with Crippen molar-refractivity contribution in [3.05, 3.63) is 52.3 Å². The number of rotatable bonds is 4. The molecule has 1 atom stereocenters. The predicted molar refractivity (Wildman–Crippen MR) is 98.3 cm³/mol. The molecule has 1 N–H and O–H groups in total. The van der Waals surface area contributed by atoms with Crippen molar-refractivity contribution in [2.45, 2.75) is 19.4 Å². The number of nitrogens with zero attached hydrogens (tertiary/aromatic N) is 2. The number of sulfone groups is 1. The van der Waals surface area contributed by atoms with Crippen molar-refractivity contribution in [1.29, 1.82) is 0 Å². The highest BCUT2D eigenvalue weighted by molar-refractivity contribution is 7.91. The van der Waals surface area contributed by atoms with E-state index in [9.17, 15) is 22.0 Å². The Hall–Kier alpha value is -2.26. The van der Waals surface area contributed by atoms with Gasteiger partial charge in [0.05, 0.1) is 23.2 Å². The van der Waals surface area contributed by atoms with Gasteiger partial charge < -0.3 is 5.32 Å². The number of anilines is 1. The first-order valence-electron chi connectivity index (χ1n) is 8.05. The van der Waals surface area contributed by atoms with Crippen LogP contribution in [0.2, 0.25) is 5.15 Å². The lowest BCUT2D eigenvalue weighted by atomic mass is 10.2. The van der Waals surface area contributed by atoms with E-state index >= 15 is 0 Å². The highest BCUT2D eigenvalue weighted by atomic mass is 35.5. The zero-order valence-corrected chi connectivity index (χ0v) is 15.8. The molecule has 3 rings (SSSR count). The third kappa shape index (κ3) is 4.36. The van der Waals surface area contributed by atoms with E-state index in [-0.39, 0.29) is 28.4 Å². The summed E-state index contributed by atoms with van der Waals surface area (Å²) in [7, 11) is -3.09. The van der Waals surface area contributed by atoms with Crippen LogP contribution in [0.4, 0.5) is 14.5 Å². The minimum absolute atomic E-state index is 0.0202. The molecular formula is C17H16ClF2N3O3S. The van der Waals surface area contributed by atoms with Crippen LogP contribution in [0.3, 0.4) is 0 Å². The second-order valence-electron chi connectivity index (χ2n) is 6.24. The molecule has 0 spiro atoms. The number of benzene rings is 1. The van der Waals surface area contributed by atoms with Crippen molar-refractivity contribution in [1.82, 2.24) is 9.78 Å². The topological polar surface area (TPSA) is 81.1 Å². The summed E-state index contributed by atoms with van der Waals surface area (Å²) in [5.41, 5.74) is 1.14. The molecule has 0 aliphatic carbocycles. The van der Waals surface area contributed by atoms with Gasteiger partial charge in [0.15, 0.2) is 21.5 Å². The lowest BCUT2D eigenvalue weighted by Crippen LogP contribution is -2.12. The SMILES string of the molecule is Cc1nn([C@@H]2CCS(=O)(=O)C2)c(Cl)c1/C=C/C(=O)Nc1ccc(F)c(F)c1. The summed E-state index contributed by atoms with van der Waals surface area (Å²) in [5.74, 6) is -2.56. The Bertz CT molecular complexity index is 1030. The maximum Gasteiger partial charge on any atom is 0.248 e. The molecule has 1 fully saturated rings. The van der Waals surface area contributed by atoms with Gasteiger partial charge in [-0.25, -0.2) is 21.9 Å². The molecule has 1 aromatic heterocycles. The van der Waals surface area contributed by atoms with E-state index in [1.54, 1.807) is 6.92 Å². The molecule has 6 nitrogen and oxygen atoms in total. The smallest absolute Gasteiger partial charge is 0.248 e. The first-order valence-corrected chi connectivity index (χ1v) is 10.3. The first-order chi connectivity index (χ1) is 12.7. The molecule has 2 aromatic rings. The van der Waals surface area contributed by atoms with Crippen molar-refractivity contribution in [2.75, 3.05) is 16.8 Å². The third-order valence-corrected chi connectivity index (χ3v) is 6.34. The van der Waals surface area contributed by atoms with E-state index in [4.69, 9.17) is 11.6 Å². The molecule has 1 saturated heterocycles. The van der Waals surface area contributed by atoms with Gasteiger partial charge in [-0.2, -0.15) is 5.10 Å². The molecule has 0 bridgehead atoms. The van der Waals surface area contributed by atoms with Crippen molar-refractivity contribution in [3.8, 4) is 0 Å². The fraction of sp³-hybridized carbons (Fsp3) is 0.294. The summed E-state index contributed by atoms with van der Waals surface area (Å²) in [5, 5.41) is 6.94. The minimum atomic E-state index is -3.09. The van der Waals surface area contributed by atoms with E-state index in [0.29, 0.717) is 17.7 Å². The van der Waals surface area contributed by atoms with Crippen molar-refractivity contribution in [3.63, 3.8) is 0 Å². The van der Waals surface area contributed by atoms with E-state index in [0.717, 1.165) is 12.1 Å². The largest absolute Gasteiger partial charge is 0.322 e. The van der Waals surface area contributed by atoms with E-state index < -0.39 is 27.4 Å². The van der Waals surface area contributed by atoms with Gasteiger partial charge in [0.1, 0.15) is 5.15 Å². The van der Waals surface area contributed by atoms with Gasteiger partial charge in [-0.15, -0.1) is 0 Å². The summed E-state index contributed by atoms with van der Waals surface area (Å²) < 4.78 is 50.9. The first kappa shape index (κ1) is 19.5. The maximum atomic E-state index is 13.2. The molecule has 2 heterocycles. The van der Waals surface area contributed by atoms with Crippen LogP contribution in [-0.2, 0) is 14.6 Å². The Labute approximate surface area is 159 Å². The number of nitrogens with one attached hydrogen (secondary N) is 1. The summed E-state index contributed by atoms with van der Waals surface area (Å²) in [6.45, 7) is 1.69. The monoisotopic (exact) mass is 415 g/mol. The number of carbonyl (C=O) groups is 1. The number of amides is 1. The number of halogens is 3. The molecule has 10 heteroatoms. The summed E-state index contributed by atoms with van der Waals surface area (Å²) in [4.78, 5) is 12.0. The molecule has 27 heavy (non-hydrogen) atoms. The van der Waals surface area contributed by atoms with Crippen molar-refractivity contribution in [2.24, 2.45) is 0 Å². The van der Waals surface area contributed by atoms with Crippen LogP contribution in [0, 0.1) is 18.6 Å². The quantitative estimate of drug-likeness (QED) is 0.778. The molecule has 0 radical (unpaired) electrons. The molecule has 1 aliphatic heterocycles. The Morgan fingerprint density at radius 2 is 2.11 bits per heavy atom. The zero-order valence-electron chi connectivity index (χ0n) is 14.2. The molecule has 1 aliphatic rings. The Kier molecular flexibility index (Phi) is 5.34. The van der Waals surface area contributed by atoms with Crippen molar-refractivity contribution < 1.29 is 22.0 Å². The van der Waals surface area contributed by atoms with Gasteiger partial charge >= 0.3 is 0 Å². The average molecular weight is 416 g/mol. The van der Waals surface area contributed by atoms with Crippen LogP contribution in [0.5, 0.6) is 0 Å². The van der Waals surface area contributed by atoms with Crippen LogP contribution in [0.25, 0.3) is 6.08 Å². The van der Waals surface area contributed by atoms with Gasteiger partial charge in [-0.3, -0.25) is 4.79 Å². The van der Waals surface area contributed by atoms with E-state index in [1.165, 1.54) is 22.9 Å². The predicted octanol–water partition coefficient (Wildman–Crippen LogP) is 3.13. The Balaban J connectivity index is 1.75. The lowest BCUT2D eigenvalue weighted by Gasteiger charge is -2.09. The third-order valence-electron chi connectivity index (χ3n) is 4.21. The van der Waals surface area contributed by atoms with Crippen LogP contribution >= 0.6 is 11.6 Å². The van der Waals surface area contributed by atoms with Crippen LogP contribution in [0.15, 0.2) is 24.3 Å². The zero-order chi connectivity index (χ0) is 19.8. The number of aryl methyl sites for hydroxylation is 1. The van der Waals surface area contributed by atoms with Crippen LogP contribution in [-0.4, -0.2) is 35.6 Å². The van der Waals surface area contributed by atoms with Crippen LogP contribution in [0.1, 0.15) is 23.7 Å². The van der Waals surface area contributed by atoms with Gasteiger partial charge in [0.25, 0.3) is 0 Å². The van der Waals surface area contributed by atoms with Gasteiger partial charge in [-0.05, 0) is 31.6 Å². The second kappa shape index (κ2) is 7.40. The number of aromatic nitrogens is 2. The Morgan fingerprint density at radius 3 is 2.74 bits per heavy atom. The fourth-order valence-electron chi connectivity index (χ4n) is 2.85. The van der Waals surface area contributed by atoms with Crippen molar-refractivity contribution >= 4 is 39.1 Å². The number of hydrogen-bond acceptors (Lipinski definition) is 4. The summed E-state index contributed by atoms with van der Waals surface area (Å²) >= 11 is 6.32. The van der Waals surface area contributed by atoms with Crippen LogP contribution < -0.4 is 5.32 Å². The molecular weight excluding hydrogens is 400 g/mol. The normalized spacial score (nSPS) is 18.9. The molecule has 0 unspecified atom stereocenters. The van der Waals surface area contributed by atoms with E-state index in [2.05, 4.69) is 10.4 Å². The maximum absolute atomic E-state index is 13.2. The van der Waals surface area contributed by atoms with E-state index in [1.807, 2.05) is 0 Å². The Morgan fingerprint density at radius 1 is 1.37 bits per heavy atom. The molecule has 1 aromatic carbocycles. The van der Waals surface area contributed by atoms with Gasteiger partial charge in [0.2, 0.25) is 5.91 Å². The minimum Gasteiger partial charge on any atom is -0.322 e. The lowest BCUT2D eigenvalue weighted by molar-refractivity contribution is -0.111. The highest BCUT2D eigenvalue weighted by Gasteiger charge is 2.31. The molecule has 144 valence electrons. The number of carbonyl (C=O) groups excluding carboxylic acids is 1. The van der Waals surface area contributed by atoms with Gasteiger partial charge in [-0.1, -0.05) is 11.6 Å². The summed E-state index contributed by atoms with van der Waals surface area (Å²) in [6.07, 6.45) is 3.07. The van der Waals surface area contributed by atoms with Gasteiger partial charge in [0, 0.05) is 23.4 Å². The number of hydrogen-bond donors (Lipinski definition) is 1. The fourth-order valence-corrected chi connectivity index (χ4v) is 4.92. The standard InChI is InChI=1S/C17H16ClF2N3O3S/c1-10-13(17(18)23(22-10)12-6-7-27(25,26)9-12)3-5-16(24)21-11-2-4-14(19)15(20)8-11/h2-5,8,12H,6-7,9H2,1H3,(H,21,24)/b5-3+/t12-/m1/s1.